The van der Waals surface area contributed by atoms with Gasteiger partial charge in [-0.1, -0.05) is 0 Å². The highest BCUT2D eigenvalue weighted by Crippen LogP contribution is 2.41. The number of aromatic nitrogens is 1. The predicted octanol–water partition coefficient (Wildman–Crippen LogP) is 3.41. The Labute approximate surface area is 186 Å². The van der Waals surface area contributed by atoms with Crippen molar-refractivity contribution in [2.75, 3.05) is 26.3 Å². The molecule has 2 aromatic heterocycles. The number of rotatable bonds is 5. The molecule has 2 aliphatic heterocycles. The van der Waals surface area contributed by atoms with E-state index in [1.807, 2.05) is 33.9 Å². The number of ether oxygens (including phenoxy) is 2. The summed E-state index contributed by atoms with van der Waals surface area (Å²) in [6.45, 7) is 2.78. The Morgan fingerprint density at radius 3 is 2.78 bits per heavy atom. The number of hydrogen-bond donors (Lipinski definition) is 1. The number of halogens is 3. The first-order chi connectivity index (χ1) is 15.2. The van der Waals surface area contributed by atoms with Gasteiger partial charge in [0.25, 0.3) is 0 Å². The van der Waals surface area contributed by atoms with Crippen LogP contribution in [-0.4, -0.2) is 65.5 Å². The largest absolute Gasteiger partial charge is 0.491 e. The molecule has 0 bridgehead atoms. The number of amides is 1. The van der Waals surface area contributed by atoms with Gasteiger partial charge >= 0.3 is 12.1 Å². The maximum absolute atomic E-state index is 12.7. The molecule has 32 heavy (non-hydrogen) atoms. The first-order valence-electron chi connectivity index (χ1n) is 9.93. The van der Waals surface area contributed by atoms with E-state index in [4.69, 9.17) is 19.4 Å². The van der Waals surface area contributed by atoms with E-state index in [1.54, 1.807) is 23.7 Å². The maximum Gasteiger partial charge on any atom is 0.490 e. The summed E-state index contributed by atoms with van der Waals surface area (Å²) in [5.41, 5.74) is 0.985. The molecule has 0 spiro atoms. The number of carbonyl (C=O) groups excluding carboxylic acids is 1. The number of alkyl halides is 3. The van der Waals surface area contributed by atoms with E-state index in [0.29, 0.717) is 19.6 Å². The van der Waals surface area contributed by atoms with Gasteiger partial charge in [-0.15, -0.1) is 0 Å². The minimum Gasteiger partial charge on any atom is -0.491 e. The maximum atomic E-state index is 12.7. The van der Waals surface area contributed by atoms with E-state index in [9.17, 15) is 18.0 Å². The zero-order valence-electron chi connectivity index (χ0n) is 17.1. The van der Waals surface area contributed by atoms with Crippen molar-refractivity contribution in [1.29, 1.82) is 0 Å². The monoisotopic (exact) mass is 472 g/mol. The third-order valence-electron chi connectivity index (χ3n) is 5.46. The molecule has 0 aromatic carbocycles. The molecule has 2 atom stereocenters. The Morgan fingerprint density at radius 2 is 2.16 bits per heavy atom. The van der Waals surface area contributed by atoms with Gasteiger partial charge in [-0.3, -0.25) is 9.78 Å². The predicted molar refractivity (Wildman–Crippen MR) is 109 cm³/mol. The van der Waals surface area contributed by atoms with Crippen molar-refractivity contribution in [2.45, 2.75) is 31.5 Å². The molecule has 2 aromatic rings. The lowest BCUT2D eigenvalue weighted by Gasteiger charge is -2.43. The Morgan fingerprint density at radius 1 is 1.38 bits per heavy atom. The van der Waals surface area contributed by atoms with Crippen molar-refractivity contribution in [3.8, 4) is 5.75 Å². The number of fused-ring (bicyclic) bond motifs is 1. The third kappa shape index (κ3) is 6.19. The van der Waals surface area contributed by atoms with E-state index in [1.165, 1.54) is 0 Å². The van der Waals surface area contributed by atoms with Crippen LogP contribution in [0.25, 0.3) is 0 Å². The number of nitrogens with zero attached hydrogens (tertiary/aromatic N) is 2. The van der Waals surface area contributed by atoms with Gasteiger partial charge in [0.1, 0.15) is 5.75 Å². The molecule has 2 saturated heterocycles. The smallest absolute Gasteiger partial charge is 0.490 e. The summed E-state index contributed by atoms with van der Waals surface area (Å²) in [6, 6.07) is 5.80. The van der Waals surface area contributed by atoms with Gasteiger partial charge in [0.05, 0.1) is 30.7 Å². The average molecular weight is 472 g/mol. The molecule has 0 unspecified atom stereocenters. The van der Waals surface area contributed by atoms with E-state index in [0.717, 1.165) is 37.3 Å². The minimum atomic E-state index is -5.08. The molecule has 7 nitrogen and oxygen atoms in total. The molecule has 4 rings (SSSR count). The summed E-state index contributed by atoms with van der Waals surface area (Å²) in [4.78, 5) is 27.7. The number of pyridine rings is 1. The second-order valence-electron chi connectivity index (χ2n) is 7.66. The number of aliphatic carboxylic acids is 1. The first-order valence-corrected chi connectivity index (χ1v) is 10.9. The van der Waals surface area contributed by atoms with Crippen molar-refractivity contribution in [3.63, 3.8) is 0 Å². The number of carboxylic acids is 1. The van der Waals surface area contributed by atoms with Gasteiger partial charge in [-0.05, 0) is 47.4 Å². The summed E-state index contributed by atoms with van der Waals surface area (Å²) in [7, 11) is 0. The van der Waals surface area contributed by atoms with Gasteiger partial charge in [0.15, 0.2) is 0 Å². The van der Waals surface area contributed by atoms with Gasteiger partial charge in [0.2, 0.25) is 5.91 Å². The molecule has 174 valence electrons. The number of thiophene rings is 1. The zero-order chi connectivity index (χ0) is 23.2. The van der Waals surface area contributed by atoms with Crippen molar-refractivity contribution < 1.29 is 37.3 Å². The third-order valence-corrected chi connectivity index (χ3v) is 6.19. The van der Waals surface area contributed by atoms with Gasteiger partial charge in [-0.25, -0.2) is 4.79 Å². The normalized spacial score (nSPS) is 22.5. The van der Waals surface area contributed by atoms with E-state index in [2.05, 4.69) is 4.98 Å². The SMILES string of the molecule is O=C(Cc1ccsc1)N1CC[C@H]2OCC[C@@]2(COc2cccnc2)C1.O=C(O)C(F)(F)F. The molecule has 0 saturated carbocycles. The Kier molecular flexibility index (Phi) is 7.73. The number of piperidine rings is 1. The topological polar surface area (TPSA) is 89.0 Å². The fourth-order valence-corrected chi connectivity index (χ4v) is 4.48. The fourth-order valence-electron chi connectivity index (χ4n) is 3.81. The summed E-state index contributed by atoms with van der Waals surface area (Å²) < 4.78 is 43.7. The molecule has 1 amide bonds. The van der Waals surface area contributed by atoms with Crippen molar-refractivity contribution in [1.82, 2.24) is 9.88 Å². The second kappa shape index (κ2) is 10.3. The highest BCUT2D eigenvalue weighted by atomic mass is 32.1. The van der Waals surface area contributed by atoms with Crippen LogP contribution in [-0.2, 0) is 20.7 Å². The highest BCUT2D eigenvalue weighted by molar-refractivity contribution is 7.08. The second-order valence-corrected chi connectivity index (χ2v) is 8.44. The van der Waals surface area contributed by atoms with E-state index < -0.39 is 12.1 Å². The first kappa shape index (κ1) is 24.0. The Bertz CT molecular complexity index is 895. The molecule has 0 radical (unpaired) electrons. The summed E-state index contributed by atoms with van der Waals surface area (Å²) >= 11 is 1.63. The number of likely N-dealkylation sites (tertiary alicyclic amines) is 1. The van der Waals surface area contributed by atoms with Crippen LogP contribution in [0.5, 0.6) is 5.75 Å². The average Bonchev–Trinajstić information content (AvgIpc) is 3.42. The molecule has 2 fully saturated rings. The van der Waals surface area contributed by atoms with Crippen LogP contribution in [0.15, 0.2) is 41.4 Å². The van der Waals surface area contributed by atoms with Crippen LogP contribution >= 0.6 is 11.3 Å². The molecule has 11 heteroatoms. The Hall–Kier alpha value is -2.66. The minimum absolute atomic E-state index is 0.113. The van der Waals surface area contributed by atoms with Gasteiger partial charge in [0, 0.05) is 25.9 Å². The quantitative estimate of drug-likeness (QED) is 0.718. The molecule has 0 aliphatic carbocycles. The molecular formula is C21H23F3N2O5S. The highest BCUT2D eigenvalue weighted by Gasteiger charge is 2.49. The number of carbonyl (C=O) groups is 2. The van der Waals surface area contributed by atoms with Crippen LogP contribution in [0.2, 0.25) is 0 Å². The van der Waals surface area contributed by atoms with Crippen LogP contribution in [0, 0.1) is 5.41 Å². The van der Waals surface area contributed by atoms with Crippen LogP contribution in [0.3, 0.4) is 0 Å². The number of carboxylic acid groups (broad SMARTS) is 1. The Balaban J connectivity index is 0.000000360. The van der Waals surface area contributed by atoms with Crippen LogP contribution < -0.4 is 4.74 Å². The lowest BCUT2D eigenvalue weighted by molar-refractivity contribution is -0.192. The molecule has 1 N–H and O–H groups in total. The molecule has 2 aliphatic rings. The summed E-state index contributed by atoms with van der Waals surface area (Å²) in [5, 5.41) is 11.2. The number of hydrogen-bond acceptors (Lipinski definition) is 6. The van der Waals surface area contributed by atoms with Crippen molar-refractivity contribution in [2.24, 2.45) is 5.41 Å². The van der Waals surface area contributed by atoms with Gasteiger partial charge < -0.3 is 19.5 Å². The lowest BCUT2D eigenvalue weighted by Crippen LogP contribution is -2.54. The zero-order valence-corrected chi connectivity index (χ0v) is 17.9. The molecular weight excluding hydrogens is 449 g/mol. The van der Waals surface area contributed by atoms with Crippen molar-refractivity contribution in [3.05, 3.63) is 46.9 Å². The molecule has 4 heterocycles. The standard InChI is InChI=1S/C19H22N2O3S.C2HF3O2/c22-18(10-15-4-9-25-12-15)21-7-3-17-19(13-21,5-8-23-17)14-24-16-2-1-6-20-11-16;3-2(4,5)1(6)7/h1-2,4,6,9,11-12,17H,3,5,7-8,10,13-14H2;(H,6,7)/t17-,19+;/m1./s1. The summed E-state index contributed by atoms with van der Waals surface area (Å²) in [5.74, 6) is -1.79. The van der Waals surface area contributed by atoms with Crippen LogP contribution in [0.4, 0.5) is 13.2 Å². The fraction of sp³-hybridized carbons (Fsp3) is 0.476. The van der Waals surface area contributed by atoms with Crippen molar-refractivity contribution >= 4 is 23.2 Å². The van der Waals surface area contributed by atoms with Crippen LogP contribution in [0.1, 0.15) is 18.4 Å². The van der Waals surface area contributed by atoms with E-state index >= 15 is 0 Å². The lowest BCUT2D eigenvalue weighted by atomic mass is 9.77. The van der Waals surface area contributed by atoms with E-state index in [-0.39, 0.29) is 17.4 Å². The summed E-state index contributed by atoms with van der Waals surface area (Å²) in [6.07, 6.45) is 0.844. The van der Waals surface area contributed by atoms with Gasteiger partial charge in [-0.2, -0.15) is 24.5 Å².